The summed E-state index contributed by atoms with van der Waals surface area (Å²) >= 11 is 0. The van der Waals surface area contributed by atoms with Gasteiger partial charge in [-0.15, -0.1) is 0 Å². The van der Waals surface area contributed by atoms with Crippen LogP contribution in [0.5, 0.6) is 0 Å². The summed E-state index contributed by atoms with van der Waals surface area (Å²) in [6.07, 6.45) is 0.196. The topological polar surface area (TPSA) is 122 Å². The maximum atomic E-state index is 11.6. The Labute approximate surface area is 131 Å². The van der Waals surface area contributed by atoms with E-state index in [9.17, 15) is 18.0 Å². The zero-order valence-corrected chi connectivity index (χ0v) is 14.3. The Balaban J connectivity index is 4.27. The van der Waals surface area contributed by atoms with Crippen LogP contribution < -0.4 is 10.0 Å². The van der Waals surface area contributed by atoms with E-state index in [1.165, 1.54) is 0 Å². The van der Waals surface area contributed by atoms with Crippen molar-refractivity contribution >= 4 is 21.9 Å². The number of rotatable bonds is 11. The first-order chi connectivity index (χ1) is 10.0. The lowest BCUT2D eigenvalue weighted by atomic mass is 10.0. The predicted octanol–water partition coefficient (Wildman–Crippen LogP) is -0.0537. The van der Waals surface area contributed by atoms with Crippen LogP contribution in [0.15, 0.2) is 0 Å². The van der Waals surface area contributed by atoms with Gasteiger partial charge in [0.1, 0.15) is 6.04 Å². The van der Waals surface area contributed by atoms with E-state index in [1.807, 2.05) is 13.8 Å². The number of hydrogen-bond acceptors (Lipinski definition) is 5. The summed E-state index contributed by atoms with van der Waals surface area (Å²) in [5.74, 6) is -1.99. The van der Waals surface area contributed by atoms with E-state index >= 15 is 0 Å². The Morgan fingerprint density at radius 3 is 2.23 bits per heavy atom. The van der Waals surface area contributed by atoms with Gasteiger partial charge in [-0.1, -0.05) is 13.8 Å². The van der Waals surface area contributed by atoms with Crippen LogP contribution in [0.2, 0.25) is 0 Å². The van der Waals surface area contributed by atoms with E-state index in [2.05, 4.69) is 10.0 Å². The fraction of sp³-hybridized carbons (Fsp3) is 0.846. The number of carbonyl (C=O) groups excluding carboxylic acids is 1. The van der Waals surface area contributed by atoms with Gasteiger partial charge in [-0.2, -0.15) is 0 Å². The summed E-state index contributed by atoms with van der Waals surface area (Å²) in [6.45, 7) is 6.77. The minimum absolute atomic E-state index is 0.0275. The normalized spacial score (nSPS) is 13.4. The Morgan fingerprint density at radius 1 is 1.18 bits per heavy atom. The quantitative estimate of drug-likeness (QED) is 0.485. The van der Waals surface area contributed by atoms with Crippen LogP contribution in [0.25, 0.3) is 0 Å². The summed E-state index contributed by atoms with van der Waals surface area (Å²) in [5, 5.41) is 11.3. The number of sulfonamides is 1. The summed E-state index contributed by atoms with van der Waals surface area (Å²) in [5.41, 5.74) is 0. The second-order valence-electron chi connectivity index (χ2n) is 5.65. The largest absolute Gasteiger partial charge is 0.480 e. The molecule has 0 radical (unpaired) electrons. The van der Waals surface area contributed by atoms with Gasteiger partial charge < -0.3 is 15.2 Å². The van der Waals surface area contributed by atoms with Crippen molar-refractivity contribution in [2.75, 3.05) is 18.9 Å². The third-order valence-electron chi connectivity index (χ3n) is 2.60. The first-order valence-electron chi connectivity index (χ1n) is 7.14. The molecule has 0 aromatic heterocycles. The van der Waals surface area contributed by atoms with Crippen molar-refractivity contribution in [1.82, 2.24) is 10.0 Å². The van der Waals surface area contributed by atoms with Crippen molar-refractivity contribution in [1.29, 1.82) is 0 Å². The lowest BCUT2D eigenvalue weighted by Crippen LogP contribution is -2.46. The monoisotopic (exact) mass is 338 g/mol. The molecule has 0 saturated heterocycles. The van der Waals surface area contributed by atoms with E-state index in [1.54, 1.807) is 13.8 Å². The molecule has 0 saturated carbocycles. The Morgan fingerprint density at radius 2 is 1.77 bits per heavy atom. The fourth-order valence-electron chi connectivity index (χ4n) is 1.58. The Kier molecular flexibility index (Phi) is 9.22. The standard InChI is InChI=1S/C13H26N2O6S/c1-9(2)7-11(13(17)18)15-12(16)8-14-22(19,20)6-5-21-10(3)4/h9-11,14H,5-8H2,1-4H3,(H,15,16)(H,17,18)/t11-/m1/s1. The molecule has 130 valence electrons. The van der Waals surface area contributed by atoms with Gasteiger partial charge in [0.05, 0.1) is 25.0 Å². The van der Waals surface area contributed by atoms with Gasteiger partial charge in [-0.05, 0) is 26.2 Å². The van der Waals surface area contributed by atoms with E-state index in [-0.39, 0.29) is 30.8 Å². The number of hydrogen-bond donors (Lipinski definition) is 3. The second kappa shape index (κ2) is 9.75. The van der Waals surface area contributed by atoms with Gasteiger partial charge in [0.2, 0.25) is 15.9 Å². The number of carbonyl (C=O) groups is 2. The summed E-state index contributed by atoms with van der Waals surface area (Å²) in [4.78, 5) is 22.6. The van der Waals surface area contributed by atoms with E-state index in [4.69, 9.17) is 9.84 Å². The summed E-state index contributed by atoms with van der Waals surface area (Å²) in [7, 11) is -3.63. The minimum Gasteiger partial charge on any atom is -0.480 e. The molecule has 0 fully saturated rings. The van der Waals surface area contributed by atoms with Crippen molar-refractivity contribution in [3.63, 3.8) is 0 Å². The number of nitrogens with one attached hydrogen (secondary N) is 2. The number of amides is 1. The van der Waals surface area contributed by atoms with Crippen LogP contribution in [0.1, 0.15) is 34.1 Å². The molecule has 0 aliphatic heterocycles. The minimum atomic E-state index is -3.63. The average Bonchev–Trinajstić information content (AvgIpc) is 2.34. The molecule has 0 spiro atoms. The van der Waals surface area contributed by atoms with Crippen LogP contribution in [0.4, 0.5) is 0 Å². The highest BCUT2D eigenvalue weighted by Crippen LogP contribution is 2.04. The molecule has 0 unspecified atom stereocenters. The molecule has 1 atom stereocenters. The van der Waals surface area contributed by atoms with Crippen LogP contribution in [0.3, 0.4) is 0 Å². The molecule has 8 nitrogen and oxygen atoms in total. The van der Waals surface area contributed by atoms with Crippen molar-refractivity contribution < 1.29 is 27.9 Å². The smallest absolute Gasteiger partial charge is 0.326 e. The third-order valence-corrected chi connectivity index (χ3v) is 3.88. The first kappa shape index (κ1) is 20.8. The highest BCUT2D eigenvalue weighted by Gasteiger charge is 2.21. The van der Waals surface area contributed by atoms with Crippen molar-refractivity contribution in [3.8, 4) is 0 Å². The molecule has 3 N–H and O–H groups in total. The third kappa shape index (κ3) is 10.5. The Bertz CT molecular complexity index is 461. The molecule has 1 amide bonds. The number of carboxylic acid groups (broad SMARTS) is 1. The highest BCUT2D eigenvalue weighted by atomic mass is 32.2. The molecule has 22 heavy (non-hydrogen) atoms. The molecule has 0 aliphatic rings. The van der Waals surface area contributed by atoms with Crippen molar-refractivity contribution in [2.45, 2.75) is 46.3 Å². The van der Waals surface area contributed by atoms with Crippen LogP contribution in [0, 0.1) is 5.92 Å². The van der Waals surface area contributed by atoms with Crippen LogP contribution >= 0.6 is 0 Å². The van der Waals surface area contributed by atoms with Crippen LogP contribution in [-0.2, 0) is 24.3 Å². The van der Waals surface area contributed by atoms with Gasteiger partial charge in [0.25, 0.3) is 0 Å². The SMILES string of the molecule is CC(C)C[C@@H](NC(=O)CNS(=O)(=O)CCOC(C)C)C(=O)O. The lowest BCUT2D eigenvalue weighted by molar-refractivity contribution is -0.142. The molecule has 0 aromatic rings. The lowest BCUT2D eigenvalue weighted by Gasteiger charge is -2.16. The van der Waals surface area contributed by atoms with Gasteiger partial charge in [0, 0.05) is 0 Å². The van der Waals surface area contributed by atoms with E-state index < -0.39 is 34.5 Å². The van der Waals surface area contributed by atoms with Gasteiger partial charge >= 0.3 is 5.97 Å². The van der Waals surface area contributed by atoms with Crippen molar-refractivity contribution in [3.05, 3.63) is 0 Å². The molecule has 0 bridgehead atoms. The highest BCUT2D eigenvalue weighted by molar-refractivity contribution is 7.89. The average molecular weight is 338 g/mol. The van der Waals surface area contributed by atoms with E-state index in [0.717, 1.165) is 0 Å². The molecule has 0 aliphatic carbocycles. The molecule has 0 rings (SSSR count). The second-order valence-corrected chi connectivity index (χ2v) is 7.57. The van der Waals surface area contributed by atoms with E-state index in [0.29, 0.717) is 0 Å². The van der Waals surface area contributed by atoms with Crippen LogP contribution in [-0.4, -0.2) is 56.5 Å². The summed E-state index contributed by atoms with van der Waals surface area (Å²) < 4.78 is 30.5. The fourth-order valence-corrected chi connectivity index (χ4v) is 2.39. The number of ether oxygens (including phenoxy) is 1. The zero-order chi connectivity index (χ0) is 17.3. The molecule has 9 heteroatoms. The molecule has 0 aromatic carbocycles. The maximum absolute atomic E-state index is 11.6. The molecular formula is C13H26N2O6S. The number of carboxylic acids is 1. The molecular weight excluding hydrogens is 312 g/mol. The first-order valence-corrected chi connectivity index (χ1v) is 8.79. The van der Waals surface area contributed by atoms with Gasteiger partial charge in [0.15, 0.2) is 0 Å². The number of aliphatic carboxylic acids is 1. The molecule has 0 heterocycles. The van der Waals surface area contributed by atoms with Gasteiger partial charge in [-0.3, -0.25) is 4.79 Å². The van der Waals surface area contributed by atoms with Gasteiger partial charge in [-0.25, -0.2) is 17.9 Å². The summed E-state index contributed by atoms with van der Waals surface area (Å²) in [6, 6.07) is -1.03. The zero-order valence-electron chi connectivity index (χ0n) is 13.5. The van der Waals surface area contributed by atoms with Crippen molar-refractivity contribution in [2.24, 2.45) is 5.92 Å². The predicted molar refractivity (Wildman–Crippen MR) is 81.9 cm³/mol. The maximum Gasteiger partial charge on any atom is 0.326 e. The Hall–Kier alpha value is -1.19.